The molecule has 0 unspecified atom stereocenters. The van der Waals surface area contributed by atoms with Gasteiger partial charge in [0.05, 0.1) is 5.56 Å². The molecule has 0 aliphatic rings. The highest BCUT2D eigenvalue weighted by molar-refractivity contribution is 6.05. The summed E-state index contributed by atoms with van der Waals surface area (Å²) in [5, 5.41) is 30.4. The number of carboxylic acids is 3. The summed E-state index contributed by atoms with van der Waals surface area (Å²) in [5.74, 6) is -5.67. The molecule has 0 saturated heterocycles. The van der Waals surface area contributed by atoms with Gasteiger partial charge in [-0.1, -0.05) is 0 Å². The number of anilines is 2. The van der Waals surface area contributed by atoms with Crippen molar-refractivity contribution in [3.63, 3.8) is 0 Å². The summed E-state index contributed by atoms with van der Waals surface area (Å²) >= 11 is 0. The molecule has 0 saturated carbocycles. The average Bonchev–Trinajstić information content (AvgIpc) is 2.50. The van der Waals surface area contributed by atoms with Crippen LogP contribution in [0.2, 0.25) is 0 Å². The first kappa shape index (κ1) is 19.1. The van der Waals surface area contributed by atoms with Crippen molar-refractivity contribution in [1.29, 1.82) is 0 Å². The number of benzene rings is 1. The van der Waals surface area contributed by atoms with E-state index < -0.39 is 29.7 Å². The molecule has 1 aromatic rings. The number of carbonyl (C=O) groups is 5. The number of nitrogens with one attached hydrogen (secondary N) is 2. The van der Waals surface area contributed by atoms with E-state index in [2.05, 4.69) is 10.6 Å². The summed E-state index contributed by atoms with van der Waals surface area (Å²) in [6.45, 7) is 0. The maximum atomic E-state index is 11.5. The van der Waals surface area contributed by atoms with E-state index in [1.165, 1.54) is 6.07 Å². The minimum Gasteiger partial charge on any atom is -0.478 e. The summed E-state index contributed by atoms with van der Waals surface area (Å²) in [7, 11) is 0. The first-order valence-corrected chi connectivity index (χ1v) is 6.49. The standard InChI is InChI=1S/C15H12N2O8/c18-11(1-3-13(20)21)16-9-5-8(15(24)25)6-10(7-9)17-12(19)2-4-14(22)23/h1-7H,(H,16,18)(H,17,19)(H,20,21)(H,22,23)(H,24,25). The molecule has 0 heterocycles. The van der Waals surface area contributed by atoms with Crippen molar-refractivity contribution < 1.29 is 39.3 Å². The van der Waals surface area contributed by atoms with Crippen LogP contribution in [0.5, 0.6) is 0 Å². The Kier molecular flexibility index (Phi) is 6.59. The molecule has 1 rings (SSSR count). The second-order valence-corrected chi connectivity index (χ2v) is 4.43. The number of carboxylic acid groups (broad SMARTS) is 3. The lowest BCUT2D eigenvalue weighted by atomic mass is 10.1. The van der Waals surface area contributed by atoms with Crippen molar-refractivity contribution in [2.45, 2.75) is 0 Å². The average molecular weight is 348 g/mol. The normalized spacial score (nSPS) is 10.6. The first-order chi connectivity index (χ1) is 11.7. The largest absolute Gasteiger partial charge is 0.478 e. The Morgan fingerprint density at radius 2 is 1.08 bits per heavy atom. The predicted octanol–water partition coefficient (Wildman–Crippen LogP) is 0.543. The summed E-state index contributed by atoms with van der Waals surface area (Å²) in [6.07, 6.45) is 2.64. The molecule has 2 amide bonds. The highest BCUT2D eigenvalue weighted by atomic mass is 16.4. The first-order valence-electron chi connectivity index (χ1n) is 6.49. The minimum atomic E-state index is -1.34. The Balaban J connectivity index is 3.03. The number of amides is 2. The number of hydrogen-bond acceptors (Lipinski definition) is 5. The molecule has 0 radical (unpaired) electrons. The molecular formula is C15H12N2O8. The Morgan fingerprint density at radius 3 is 1.40 bits per heavy atom. The second kappa shape index (κ2) is 8.62. The molecule has 1 aromatic carbocycles. The Labute approximate surface area is 140 Å². The van der Waals surface area contributed by atoms with Crippen molar-refractivity contribution in [3.05, 3.63) is 48.1 Å². The van der Waals surface area contributed by atoms with Gasteiger partial charge in [0, 0.05) is 35.7 Å². The van der Waals surface area contributed by atoms with E-state index >= 15 is 0 Å². The third-order valence-electron chi connectivity index (χ3n) is 2.47. The van der Waals surface area contributed by atoms with Crippen LogP contribution in [0, 0.1) is 0 Å². The zero-order valence-corrected chi connectivity index (χ0v) is 12.4. The summed E-state index contributed by atoms with van der Waals surface area (Å²) < 4.78 is 0. The van der Waals surface area contributed by atoms with Gasteiger partial charge in [-0.15, -0.1) is 0 Å². The fourth-order valence-electron chi connectivity index (χ4n) is 1.56. The molecule has 0 bridgehead atoms. The van der Waals surface area contributed by atoms with Crippen molar-refractivity contribution in [1.82, 2.24) is 0 Å². The van der Waals surface area contributed by atoms with Crippen LogP contribution < -0.4 is 10.6 Å². The smallest absolute Gasteiger partial charge is 0.335 e. The van der Waals surface area contributed by atoms with E-state index in [9.17, 15) is 24.0 Å². The Bertz CT molecular complexity index is 738. The van der Waals surface area contributed by atoms with Gasteiger partial charge in [0.1, 0.15) is 0 Å². The molecule has 0 fully saturated rings. The maximum absolute atomic E-state index is 11.5. The molecule has 0 aliphatic heterocycles. The van der Waals surface area contributed by atoms with Gasteiger partial charge in [0.25, 0.3) is 0 Å². The third kappa shape index (κ3) is 7.23. The molecule has 0 atom stereocenters. The number of aliphatic carboxylic acids is 2. The molecule has 25 heavy (non-hydrogen) atoms. The van der Waals surface area contributed by atoms with Crippen molar-refractivity contribution in [3.8, 4) is 0 Å². The number of carbonyl (C=O) groups excluding carboxylic acids is 2. The van der Waals surface area contributed by atoms with E-state index in [1.54, 1.807) is 0 Å². The number of hydrogen-bond donors (Lipinski definition) is 5. The van der Waals surface area contributed by atoms with Crippen LogP contribution in [0.1, 0.15) is 10.4 Å². The third-order valence-corrected chi connectivity index (χ3v) is 2.47. The lowest BCUT2D eigenvalue weighted by Gasteiger charge is -2.08. The van der Waals surface area contributed by atoms with Gasteiger partial charge < -0.3 is 26.0 Å². The Hall–Kier alpha value is -3.95. The highest BCUT2D eigenvalue weighted by Gasteiger charge is 2.10. The van der Waals surface area contributed by atoms with E-state index in [4.69, 9.17) is 15.3 Å². The molecule has 10 nitrogen and oxygen atoms in total. The van der Waals surface area contributed by atoms with Gasteiger partial charge >= 0.3 is 17.9 Å². The van der Waals surface area contributed by atoms with Gasteiger partial charge in [-0.25, -0.2) is 14.4 Å². The lowest BCUT2D eigenvalue weighted by molar-refractivity contribution is -0.132. The van der Waals surface area contributed by atoms with Crippen LogP contribution in [0.25, 0.3) is 0 Å². The highest BCUT2D eigenvalue weighted by Crippen LogP contribution is 2.19. The van der Waals surface area contributed by atoms with Gasteiger partial charge in [-0.2, -0.15) is 0 Å². The molecule has 10 heteroatoms. The molecule has 0 spiro atoms. The number of rotatable bonds is 7. The number of aromatic carboxylic acids is 1. The van der Waals surface area contributed by atoms with Crippen LogP contribution >= 0.6 is 0 Å². The van der Waals surface area contributed by atoms with Crippen LogP contribution in [0.15, 0.2) is 42.5 Å². The summed E-state index contributed by atoms with van der Waals surface area (Å²) in [6, 6.07) is 3.40. The van der Waals surface area contributed by atoms with Crippen LogP contribution in [-0.2, 0) is 19.2 Å². The molecular weight excluding hydrogens is 336 g/mol. The Morgan fingerprint density at radius 1 is 0.680 bits per heavy atom. The SMILES string of the molecule is O=C(O)C=CC(=O)Nc1cc(NC(=O)C=CC(=O)O)cc(C(=O)O)c1. The zero-order chi connectivity index (χ0) is 19.0. The van der Waals surface area contributed by atoms with E-state index in [0.29, 0.717) is 12.2 Å². The minimum absolute atomic E-state index is 0.0162. The van der Waals surface area contributed by atoms with Gasteiger partial charge in [-0.05, 0) is 18.2 Å². The van der Waals surface area contributed by atoms with Crippen molar-refractivity contribution >= 4 is 41.1 Å². The fourth-order valence-corrected chi connectivity index (χ4v) is 1.56. The maximum Gasteiger partial charge on any atom is 0.335 e. The molecule has 130 valence electrons. The van der Waals surface area contributed by atoms with Gasteiger partial charge in [0.15, 0.2) is 0 Å². The molecule has 5 N–H and O–H groups in total. The predicted molar refractivity (Wildman–Crippen MR) is 84.2 cm³/mol. The van der Waals surface area contributed by atoms with Crippen molar-refractivity contribution in [2.75, 3.05) is 10.6 Å². The topological polar surface area (TPSA) is 170 Å². The summed E-state index contributed by atoms with van der Waals surface area (Å²) in [4.78, 5) is 54.9. The van der Waals surface area contributed by atoms with E-state index in [-0.39, 0.29) is 16.9 Å². The molecule has 0 aromatic heterocycles. The molecule has 0 aliphatic carbocycles. The van der Waals surface area contributed by atoms with Crippen LogP contribution in [-0.4, -0.2) is 45.0 Å². The van der Waals surface area contributed by atoms with Crippen LogP contribution in [0.4, 0.5) is 11.4 Å². The fraction of sp³-hybridized carbons (Fsp3) is 0. The zero-order valence-electron chi connectivity index (χ0n) is 12.4. The van der Waals surface area contributed by atoms with E-state index in [1.807, 2.05) is 0 Å². The monoisotopic (exact) mass is 348 g/mol. The van der Waals surface area contributed by atoms with Gasteiger partial charge in [0.2, 0.25) is 11.8 Å². The van der Waals surface area contributed by atoms with E-state index in [0.717, 1.165) is 24.3 Å². The van der Waals surface area contributed by atoms with Crippen molar-refractivity contribution in [2.24, 2.45) is 0 Å². The summed E-state index contributed by atoms with van der Waals surface area (Å²) in [5.41, 5.74) is -0.299. The lowest BCUT2D eigenvalue weighted by Crippen LogP contribution is -2.13. The van der Waals surface area contributed by atoms with Crippen LogP contribution in [0.3, 0.4) is 0 Å². The quantitative estimate of drug-likeness (QED) is 0.444. The van der Waals surface area contributed by atoms with Gasteiger partial charge in [-0.3, -0.25) is 9.59 Å². The second-order valence-electron chi connectivity index (χ2n) is 4.43.